The van der Waals surface area contributed by atoms with Gasteiger partial charge in [0.1, 0.15) is 0 Å². The second-order valence-corrected chi connectivity index (χ2v) is 24.3. The molecule has 0 amide bonds. The van der Waals surface area contributed by atoms with E-state index in [0.29, 0.717) is 23.0 Å². The molecule has 73 heavy (non-hydrogen) atoms. The maximum absolute atomic E-state index is 6.95. The van der Waals surface area contributed by atoms with Crippen LogP contribution in [0.1, 0.15) is 83.6 Å². The summed E-state index contributed by atoms with van der Waals surface area (Å²) in [6.07, 6.45) is 2.28. The highest BCUT2D eigenvalue weighted by Crippen LogP contribution is 2.57. The number of aryl methyl sites for hydroxylation is 1. The number of benzene rings is 9. The fourth-order valence-electron chi connectivity index (χ4n) is 12.6. The summed E-state index contributed by atoms with van der Waals surface area (Å²) in [6.45, 7) is 18.7. The van der Waals surface area contributed by atoms with Crippen LogP contribution in [0.15, 0.2) is 176 Å². The van der Waals surface area contributed by atoms with Crippen LogP contribution in [0.5, 0.6) is 23.0 Å². The van der Waals surface area contributed by atoms with E-state index in [0.717, 1.165) is 29.7 Å². The molecule has 9 aromatic carbocycles. The molecular weight excluding hydrogens is 908 g/mol. The minimum absolute atomic E-state index is 0.00619. The van der Waals surface area contributed by atoms with Gasteiger partial charge in [-0.25, -0.2) is 0 Å². The fraction of sp³-hybridized carbons (Fsp3) is 0.194. The fourth-order valence-corrected chi connectivity index (χ4v) is 13.7. The number of anilines is 5. The van der Waals surface area contributed by atoms with Gasteiger partial charge < -0.3 is 19.2 Å². The van der Waals surface area contributed by atoms with Crippen LogP contribution in [-0.4, -0.2) is 6.85 Å². The summed E-state index contributed by atoms with van der Waals surface area (Å²) >= 11 is 1.88. The molecule has 0 atom stereocenters. The van der Waals surface area contributed by atoms with Crippen molar-refractivity contribution >= 4 is 77.7 Å². The van der Waals surface area contributed by atoms with E-state index in [-0.39, 0.29) is 23.1 Å². The minimum atomic E-state index is -0.292. The van der Waals surface area contributed by atoms with E-state index in [1.807, 2.05) is 35.6 Å². The number of para-hydroxylation sites is 2. The second-order valence-electron chi connectivity index (χ2n) is 23.2. The lowest BCUT2D eigenvalue weighted by molar-refractivity contribution is 0.332. The van der Waals surface area contributed by atoms with Crippen LogP contribution in [-0.2, 0) is 16.2 Å². The summed E-state index contributed by atoms with van der Waals surface area (Å²) in [5, 5.41) is 2.55. The average Bonchev–Trinajstić information content (AvgIpc) is 3.79. The van der Waals surface area contributed by atoms with Gasteiger partial charge in [0.15, 0.2) is 23.0 Å². The first-order valence-corrected chi connectivity index (χ1v) is 26.8. The molecule has 0 radical (unpaired) electrons. The SMILES string of the molecule is Cc1cc2c(cc1N1c3cc4c(cc3B3c5c(cc(-c6ccccc6)cc51)-c1ccc5sc6ccccc6c5c1N3c1ccc(C(C)(C)C)cc1-c1ccccc1)Oc1ccccc1O4)C(C)(C)CCC2(C)C. The Morgan fingerprint density at radius 2 is 1.15 bits per heavy atom. The van der Waals surface area contributed by atoms with Crippen LogP contribution in [0.4, 0.5) is 28.4 Å². The summed E-state index contributed by atoms with van der Waals surface area (Å²) in [5.41, 5.74) is 20.8. The Morgan fingerprint density at radius 1 is 0.507 bits per heavy atom. The molecule has 0 spiro atoms. The van der Waals surface area contributed by atoms with Gasteiger partial charge in [-0.2, -0.15) is 0 Å². The zero-order chi connectivity index (χ0) is 49.7. The Bertz CT molecular complexity index is 3940. The number of thiophene rings is 1. The molecule has 10 aromatic rings. The third-order valence-corrected chi connectivity index (χ3v) is 17.8. The third-order valence-electron chi connectivity index (χ3n) is 16.6. The van der Waals surface area contributed by atoms with E-state index in [1.54, 1.807) is 0 Å². The number of rotatable bonds is 4. The van der Waals surface area contributed by atoms with Crippen LogP contribution >= 0.6 is 11.3 Å². The molecule has 6 heteroatoms. The lowest BCUT2D eigenvalue weighted by atomic mass is 9.43. The zero-order valence-corrected chi connectivity index (χ0v) is 43.7. The summed E-state index contributed by atoms with van der Waals surface area (Å²) in [5.74, 6) is 2.85. The highest BCUT2D eigenvalue weighted by molar-refractivity contribution is 7.26. The molecule has 0 fully saturated rings. The summed E-state index contributed by atoms with van der Waals surface area (Å²) < 4.78 is 16.4. The van der Waals surface area contributed by atoms with Crippen LogP contribution in [0.3, 0.4) is 0 Å². The average molecular weight is 965 g/mol. The smallest absolute Gasteiger partial charge is 0.333 e. The number of nitrogens with zero attached hydrogens (tertiary/aromatic N) is 2. The summed E-state index contributed by atoms with van der Waals surface area (Å²) in [4.78, 5) is 5.32. The molecule has 0 saturated carbocycles. The maximum Gasteiger partial charge on any atom is 0.333 e. The van der Waals surface area contributed by atoms with E-state index in [1.165, 1.54) is 98.3 Å². The minimum Gasteiger partial charge on any atom is -0.450 e. The van der Waals surface area contributed by atoms with Gasteiger partial charge >= 0.3 is 6.85 Å². The van der Waals surface area contributed by atoms with Gasteiger partial charge in [0, 0.05) is 65.8 Å². The highest BCUT2D eigenvalue weighted by atomic mass is 32.1. The number of hydrogen-bond acceptors (Lipinski definition) is 5. The van der Waals surface area contributed by atoms with Crippen molar-refractivity contribution < 1.29 is 9.47 Å². The zero-order valence-electron chi connectivity index (χ0n) is 42.9. The van der Waals surface area contributed by atoms with E-state index in [4.69, 9.17) is 9.47 Å². The van der Waals surface area contributed by atoms with Crippen LogP contribution in [0, 0.1) is 6.92 Å². The molecule has 0 unspecified atom stereocenters. The number of ether oxygens (including phenoxy) is 2. The van der Waals surface area contributed by atoms with Crippen molar-refractivity contribution in [1.29, 1.82) is 0 Å². The van der Waals surface area contributed by atoms with Gasteiger partial charge in [0.2, 0.25) is 0 Å². The van der Waals surface area contributed by atoms with E-state index in [9.17, 15) is 0 Å². The molecule has 1 aromatic heterocycles. The summed E-state index contributed by atoms with van der Waals surface area (Å²) in [6, 6.07) is 65.7. The molecule has 0 N–H and O–H groups in total. The molecule has 4 nitrogen and oxygen atoms in total. The van der Waals surface area contributed by atoms with Crippen LogP contribution in [0.2, 0.25) is 0 Å². The Labute approximate surface area is 433 Å². The molecule has 0 saturated heterocycles. The van der Waals surface area contributed by atoms with Crippen molar-refractivity contribution in [2.24, 2.45) is 0 Å². The van der Waals surface area contributed by atoms with Crippen molar-refractivity contribution in [1.82, 2.24) is 0 Å². The number of hydrogen-bond donors (Lipinski definition) is 0. The summed E-state index contributed by atoms with van der Waals surface area (Å²) in [7, 11) is 0. The predicted molar refractivity (Wildman–Crippen MR) is 309 cm³/mol. The van der Waals surface area contributed by atoms with Gasteiger partial charge in [0.25, 0.3) is 0 Å². The van der Waals surface area contributed by atoms with Crippen molar-refractivity contribution in [3.63, 3.8) is 0 Å². The molecule has 1 aliphatic carbocycles. The van der Waals surface area contributed by atoms with Crippen molar-refractivity contribution in [3.05, 3.63) is 198 Å². The first kappa shape index (κ1) is 44.2. The Balaban J connectivity index is 1.16. The van der Waals surface area contributed by atoms with Gasteiger partial charge in [0.05, 0.1) is 0 Å². The normalized spacial score (nSPS) is 15.6. The molecule has 356 valence electrons. The van der Waals surface area contributed by atoms with E-state index < -0.39 is 0 Å². The van der Waals surface area contributed by atoms with Crippen LogP contribution in [0.25, 0.3) is 53.6 Å². The quantitative estimate of drug-likeness (QED) is 0.164. The highest BCUT2D eigenvalue weighted by Gasteiger charge is 2.48. The predicted octanol–water partition coefficient (Wildman–Crippen LogP) is 17.9. The Hall–Kier alpha value is -7.54. The standard InChI is InChI=1S/C67H57BN2O2S/c1-40-33-49-50(67(7,8)32-31-66(49,5)6)37-53(40)69-54-39-59-58(71-56-24-16-17-25-57(56)72-59)38-51(54)68-63-48(34-43(35-55(63)69)41-19-11-9-12-20-41)45-28-30-61-62(46-23-15-18-26-60(46)73-61)64(45)70(68)52-29-27-44(65(2,3)4)36-47(52)42-21-13-10-14-22-42/h9-30,33-39H,31-32H2,1-8H3. The van der Waals surface area contributed by atoms with Gasteiger partial charge in [-0.1, -0.05) is 158 Å². The van der Waals surface area contributed by atoms with Gasteiger partial charge in [-0.05, 0) is 152 Å². The van der Waals surface area contributed by atoms with Crippen LogP contribution < -0.4 is 30.1 Å². The Morgan fingerprint density at radius 3 is 1.86 bits per heavy atom. The van der Waals surface area contributed by atoms with Gasteiger partial charge in [-0.3, -0.25) is 0 Å². The molecule has 4 heterocycles. The van der Waals surface area contributed by atoms with E-state index >= 15 is 0 Å². The molecular formula is C67H57BN2O2S. The third kappa shape index (κ3) is 6.72. The lowest BCUT2D eigenvalue weighted by Crippen LogP contribution is -2.61. The van der Waals surface area contributed by atoms with Crippen molar-refractivity contribution in [2.75, 3.05) is 9.71 Å². The molecule has 0 bridgehead atoms. The van der Waals surface area contributed by atoms with Crippen molar-refractivity contribution in [2.45, 2.75) is 84.5 Å². The second kappa shape index (κ2) is 15.7. The number of fused-ring (bicyclic) bond motifs is 11. The van der Waals surface area contributed by atoms with Crippen molar-refractivity contribution in [3.8, 4) is 56.4 Å². The first-order chi connectivity index (χ1) is 35.2. The molecule has 3 aliphatic heterocycles. The first-order valence-electron chi connectivity index (χ1n) is 26.0. The van der Waals surface area contributed by atoms with E-state index in [2.05, 4.69) is 217 Å². The monoisotopic (exact) mass is 964 g/mol. The Kier molecular flexibility index (Phi) is 9.52. The largest absolute Gasteiger partial charge is 0.450 e. The maximum atomic E-state index is 6.95. The topological polar surface area (TPSA) is 24.9 Å². The molecule has 4 aliphatic rings. The molecule has 14 rings (SSSR count). The van der Waals surface area contributed by atoms with Gasteiger partial charge in [-0.15, -0.1) is 11.3 Å². The lowest BCUT2D eigenvalue weighted by Gasteiger charge is -2.48.